The summed E-state index contributed by atoms with van der Waals surface area (Å²) < 4.78 is 33.6. The van der Waals surface area contributed by atoms with Crippen molar-refractivity contribution in [3.63, 3.8) is 0 Å². The molecule has 0 bridgehead atoms. The van der Waals surface area contributed by atoms with Gasteiger partial charge in [0, 0.05) is 11.6 Å². The second-order valence-electron chi connectivity index (χ2n) is 6.19. The van der Waals surface area contributed by atoms with E-state index in [4.69, 9.17) is 4.52 Å². The summed E-state index contributed by atoms with van der Waals surface area (Å²) in [5, 5.41) is 3.86. The zero-order chi connectivity index (χ0) is 18.2. The Labute approximate surface area is 147 Å². The number of para-hydroxylation sites is 1. The highest BCUT2D eigenvalue weighted by Crippen LogP contribution is 2.28. The molecule has 3 rings (SSSR count). The van der Waals surface area contributed by atoms with Gasteiger partial charge in [0.15, 0.2) is 5.76 Å². The lowest BCUT2D eigenvalue weighted by atomic mass is 10.1. The van der Waals surface area contributed by atoms with Crippen LogP contribution < -0.4 is 4.72 Å². The Morgan fingerprint density at radius 1 is 0.920 bits per heavy atom. The van der Waals surface area contributed by atoms with Gasteiger partial charge in [0.1, 0.15) is 0 Å². The van der Waals surface area contributed by atoms with Crippen LogP contribution in [0.15, 0.2) is 51.9 Å². The van der Waals surface area contributed by atoms with Gasteiger partial charge in [-0.1, -0.05) is 23.4 Å². The van der Waals surface area contributed by atoms with Crippen molar-refractivity contribution in [2.24, 2.45) is 0 Å². The summed E-state index contributed by atoms with van der Waals surface area (Å²) >= 11 is 0. The fourth-order valence-corrected chi connectivity index (χ4v) is 4.20. The van der Waals surface area contributed by atoms with E-state index in [0.29, 0.717) is 17.0 Å². The molecule has 0 aliphatic rings. The average Bonchev–Trinajstić information content (AvgIpc) is 2.97. The minimum Gasteiger partial charge on any atom is -0.356 e. The first kappa shape index (κ1) is 17.2. The lowest BCUT2D eigenvalue weighted by Gasteiger charge is -2.15. The Morgan fingerprint density at radius 2 is 1.60 bits per heavy atom. The fraction of sp³-hybridized carbons (Fsp3) is 0.211. The largest absolute Gasteiger partial charge is 0.356 e. The molecule has 0 saturated carbocycles. The molecular formula is C19H20N2O3S. The Bertz CT molecular complexity index is 1020. The maximum Gasteiger partial charge on any atom is 0.262 e. The molecule has 25 heavy (non-hydrogen) atoms. The van der Waals surface area contributed by atoms with E-state index in [2.05, 4.69) is 9.88 Å². The number of nitrogens with zero attached hydrogens (tertiary/aromatic N) is 1. The van der Waals surface area contributed by atoms with E-state index in [9.17, 15) is 8.42 Å². The van der Waals surface area contributed by atoms with E-state index in [1.165, 1.54) is 0 Å². The zero-order valence-electron chi connectivity index (χ0n) is 14.6. The summed E-state index contributed by atoms with van der Waals surface area (Å²) in [5.41, 5.74) is 4.61. The summed E-state index contributed by atoms with van der Waals surface area (Å²) in [4.78, 5) is 0.246. The highest BCUT2D eigenvalue weighted by molar-refractivity contribution is 7.92. The summed E-state index contributed by atoms with van der Waals surface area (Å²) in [6, 6.07) is 12.6. The Morgan fingerprint density at radius 3 is 2.16 bits per heavy atom. The molecule has 6 heteroatoms. The quantitative estimate of drug-likeness (QED) is 0.753. The van der Waals surface area contributed by atoms with Gasteiger partial charge in [-0.05, 0) is 62.6 Å². The highest BCUT2D eigenvalue weighted by Gasteiger charge is 2.19. The first-order chi connectivity index (χ1) is 11.8. The second kappa shape index (κ2) is 6.37. The van der Waals surface area contributed by atoms with Crippen molar-refractivity contribution in [2.45, 2.75) is 32.6 Å². The molecule has 5 nitrogen and oxygen atoms in total. The predicted octanol–water partition coefficient (Wildman–Crippen LogP) is 4.38. The molecule has 130 valence electrons. The van der Waals surface area contributed by atoms with Gasteiger partial charge in [0.2, 0.25) is 0 Å². The fourth-order valence-electron chi connectivity index (χ4n) is 2.77. The number of anilines is 1. The first-order valence-electron chi connectivity index (χ1n) is 7.91. The van der Waals surface area contributed by atoms with Gasteiger partial charge in [0.05, 0.1) is 16.3 Å². The number of hydrogen-bond acceptors (Lipinski definition) is 4. The number of benzene rings is 2. The summed E-state index contributed by atoms with van der Waals surface area (Å²) in [5.74, 6) is 0.618. The van der Waals surface area contributed by atoms with Crippen molar-refractivity contribution >= 4 is 15.7 Å². The molecule has 0 aliphatic heterocycles. The van der Waals surface area contributed by atoms with Gasteiger partial charge in [-0.3, -0.25) is 4.72 Å². The SMILES string of the molecule is Cc1cc(-c2ccc(S(=O)(=O)Nc3c(C)cccc3C)c(C)c2)on1. The molecule has 0 spiro atoms. The molecule has 0 radical (unpaired) electrons. The third kappa shape index (κ3) is 3.44. The molecule has 0 fully saturated rings. The molecule has 0 aliphatic carbocycles. The van der Waals surface area contributed by atoms with Crippen LogP contribution in [0.25, 0.3) is 11.3 Å². The van der Waals surface area contributed by atoms with Crippen LogP contribution in [0.3, 0.4) is 0 Å². The summed E-state index contributed by atoms with van der Waals surface area (Å²) in [6.07, 6.45) is 0. The van der Waals surface area contributed by atoms with Crippen molar-refractivity contribution < 1.29 is 12.9 Å². The number of rotatable bonds is 4. The van der Waals surface area contributed by atoms with Gasteiger partial charge >= 0.3 is 0 Å². The lowest BCUT2D eigenvalue weighted by Crippen LogP contribution is -2.15. The van der Waals surface area contributed by atoms with Crippen LogP contribution in [0.5, 0.6) is 0 Å². The van der Waals surface area contributed by atoms with Crippen molar-refractivity contribution in [3.8, 4) is 11.3 Å². The monoisotopic (exact) mass is 356 g/mol. The Balaban J connectivity index is 1.98. The number of sulfonamides is 1. The molecule has 1 aromatic heterocycles. The molecule has 1 heterocycles. The van der Waals surface area contributed by atoms with Crippen molar-refractivity contribution in [2.75, 3.05) is 4.72 Å². The van der Waals surface area contributed by atoms with E-state index in [1.807, 2.05) is 45.0 Å². The smallest absolute Gasteiger partial charge is 0.262 e. The van der Waals surface area contributed by atoms with Crippen molar-refractivity contribution in [1.82, 2.24) is 5.16 Å². The minimum absolute atomic E-state index is 0.246. The highest BCUT2D eigenvalue weighted by atomic mass is 32.2. The molecular weight excluding hydrogens is 336 g/mol. The molecule has 2 aromatic carbocycles. The molecule has 1 N–H and O–H groups in total. The number of nitrogens with one attached hydrogen (secondary N) is 1. The van der Waals surface area contributed by atoms with E-state index in [-0.39, 0.29) is 4.90 Å². The normalized spacial score (nSPS) is 11.5. The molecule has 0 saturated heterocycles. The molecule has 3 aromatic rings. The zero-order valence-corrected chi connectivity index (χ0v) is 15.4. The number of aryl methyl sites for hydroxylation is 4. The topological polar surface area (TPSA) is 72.2 Å². The van der Waals surface area contributed by atoms with Gasteiger partial charge in [-0.15, -0.1) is 0 Å². The van der Waals surface area contributed by atoms with Gasteiger partial charge in [-0.2, -0.15) is 0 Å². The summed E-state index contributed by atoms with van der Waals surface area (Å²) in [6.45, 7) is 7.37. The minimum atomic E-state index is -3.68. The van der Waals surface area contributed by atoms with Crippen molar-refractivity contribution in [1.29, 1.82) is 0 Å². The third-order valence-corrected chi connectivity index (χ3v) is 5.60. The molecule has 0 atom stereocenters. The number of aromatic nitrogens is 1. The van der Waals surface area contributed by atoms with Crippen LogP contribution in [0, 0.1) is 27.7 Å². The van der Waals surface area contributed by atoms with Crippen LogP contribution in [-0.2, 0) is 10.0 Å². The average molecular weight is 356 g/mol. The first-order valence-corrected chi connectivity index (χ1v) is 9.39. The maximum absolute atomic E-state index is 12.8. The van der Waals surface area contributed by atoms with E-state index >= 15 is 0 Å². The van der Waals surface area contributed by atoms with Crippen LogP contribution in [-0.4, -0.2) is 13.6 Å². The molecule has 0 amide bonds. The van der Waals surface area contributed by atoms with E-state index in [1.54, 1.807) is 25.1 Å². The van der Waals surface area contributed by atoms with Crippen LogP contribution in [0.1, 0.15) is 22.4 Å². The number of hydrogen-bond donors (Lipinski definition) is 1. The van der Waals surface area contributed by atoms with Crippen LogP contribution in [0.4, 0.5) is 5.69 Å². The predicted molar refractivity (Wildman–Crippen MR) is 98.1 cm³/mol. The lowest BCUT2D eigenvalue weighted by molar-refractivity contribution is 0.427. The third-order valence-electron chi connectivity index (χ3n) is 4.09. The van der Waals surface area contributed by atoms with Gasteiger partial charge in [-0.25, -0.2) is 8.42 Å². The van der Waals surface area contributed by atoms with Crippen molar-refractivity contribution in [3.05, 3.63) is 64.8 Å². The Hall–Kier alpha value is -2.60. The second-order valence-corrected chi connectivity index (χ2v) is 7.84. The van der Waals surface area contributed by atoms with Crippen LogP contribution in [0.2, 0.25) is 0 Å². The maximum atomic E-state index is 12.8. The van der Waals surface area contributed by atoms with E-state index < -0.39 is 10.0 Å². The molecule has 0 unspecified atom stereocenters. The van der Waals surface area contributed by atoms with E-state index in [0.717, 1.165) is 22.4 Å². The Kier molecular flexibility index (Phi) is 4.39. The van der Waals surface area contributed by atoms with Gasteiger partial charge in [0.25, 0.3) is 10.0 Å². The van der Waals surface area contributed by atoms with Crippen LogP contribution >= 0.6 is 0 Å². The van der Waals surface area contributed by atoms with Gasteiger partial charge < -0.3 is 4.52 Å². The summed E-state index contributed by atoms with van der Waals surface area (Å²) in [7, 11) is -3.68. The standard InChI is InChI=1S/C19H20N2O3S/c1-12-6-5-7-13(2)19(12)21-25(22,23)18-9-8-16(10-14(18)3)17-11-15(4)20-24-17/h5-11,21H,1-4H3.